The van der Waals surface area contributed by atoms with Gasteiger partial charge >= 0.3 is 12.1 Å². The first-order valence-corrected chi connectivity index (χ1v) is 17.1. The lowest BCUT2D eigenvalue weighted by Crippen LogP contribution is -2.55. The molecular weight excluding hydrogens is 618 g/mol. The van der Waals surface area contributed by atoms with E-state index in [1.54, 1.807) is 4.90 Å². The lowest BCUT2D eigenvalue weighted by atomic mass is 10.0. The van der Waals surface area contributed by atoms with Gasteiger partial charge in [-0.2, -0.15) is 15.2 Å². The molecule has 2 saturated heterocycles. The lowest BCUT2D eigenvalue weighted by Gasteiger charge is -2.42. The summed E-state index contributed by atoms with van der Waals surface area (Å²) in [6, 6.07) is 27.1. The Bertz CT molecular complexity index is 1810. The van der Waals surface area contributed by atoms with Crippen LogP contribution in [0, 0.1) is 11.3 Å². The van der Waals surface area contributed by atoms with Crippen LogP contribution in [0.3, 0.4) is 0 Å². The number of piperazine rings is 1. The molecular formula is C38H43N7O4. The first kappa shape index (κ1) is 32.6. The van der Waals surface area contributed by atoms with Crippen LogP contribution in [0.15, 0.2) is 72.8 Å². The Hall–Kier alpha value is -4.92. The van der Waals surface area contributed by atoms with Gasteiger partial charge in [-0.05, 0) is 37.4 Å². The Morgan fingerprint density at radius 3 is 2.63 bits per heavy atom. The fourth-order valence-electron chi connectivity index (χ4n) is 7.00. The predicted octanol–water partition coefficient (Wildman–Crippen LogP) is 5.03. The van der Waals surface area contributed by atoms with Crippen LogP contribution < -0.4 is 14.5 Å². The quantitative estimate of drug-likeness (QED) is 0.255. The summed E-state index contributed by atoms with van der Waals surface area (Å²) in [6.45, 7) is 6.95. The number of carbonyl (C=O) groups is 1. The molecule has 11 heteroatoms. The van der Waals surface area contributed by atoms with Crippen LogP contribution in [-0.4, -0.2) is 97.0 Å². The van der Waals surface area contributed by atoms with E-state index in [4.69, 9.17) is 24.2 Å². The van der Waals surface area contributed by atoms with Gasteiger partial charge in [-0.25, -0.2) is 4.79 Å². The van der Waals surface area contributed by atoms with Crippen LogP contribution in [0.2, 0.25) is 0 Å². The van der Waals surface area contributed by atoms with Crippen molar-refractivity contribution in [2.24, 2.45) is 0 Å². The highest BCUT2D eigenvalue weighted by Gasteiger charge is 2.35. The van der Waals surface area contributed by atoms with Gasteiger partial charge < -0.3 is 28.9 Å². The van der Waals surface area contributed by atoms with Crippen molar-refractivity contribution in [3.63, 3.8) is 0 Å². The average molecular weight is 662 g/mol. The third kappa shape index (κ3) is 7.26. The molecule has 3 aliphatic heterocycles. The van der Waals surface area contributed by atoms with Crippen LogP contribution >= 0.6 is 0 Å². The largest absolute Gasteiger partial charge is 0.461 e. The molecule has 0 bridgehead atoms. The zero-order chi connectivity index (χ0) is 33.7. The molecule has 0 saturated carbocycles. The maximum Gasteiger partial charge on any atom is 0.410 e. The number of carbonyl (C=O) groups excluding carboxylic acids is 1. The summed E-state index contributed by atoms with van der Waals surface area (Å²) < 4.78 is 18.0. The highest BCUT2D eigenvalue weighted by molar-refractivity contribution is 5.94. The highest BCUT2D eigenvalue weighted by atomic mass is 16.6. The Labute approximate surface area is 287 Å². The summed E-state index contributed by atoms with van der Waals surface area (Å²) in [4.78, 5) is 31.8. The third-order valence-electron chi connectivity index (χ3n) is 9.89. The van der Waals surface area contributed by atoms with Crippen molar-refractivity contribution in [3.8, 4) is 12.1 Å². The van der Waals surface area contributed by atoms with Gasteiger partial charge in [0.25, 0.3) is 0 Å². The number of anilines is 2. The highest BCUT2D eigenvalue weighted by Crippen LogP contribution is 2.35. The number of hydrogen-bond donors (Lipinski definition) is 0. The normalized spacial score (nSPS) is 21.2. The lowest BCUT2D eigenvalue weighted by molar-refractivity contribution is -0.0662. The van der Waals surface area contributed by atoms with Gasteiger partial charge in [0.2, 0.25) is 0 Å². The van der Waals surface area contributed by atoms with E-state index < -0.39 is 6.09 Å². The predicted molar refractivity (Wildman–Crippen MR) is 188 cm³/mol. The van der Waals surface area contributed by atoms with Crippen molar-refractivity contribution in [2.45, 2.75) is 51.1 Å². The molecule has 0 aliphatic carbocycles. The maximum atomic E-state index is 13.2. The molecule has 49 heavy (non-hydrogen) atoms. The van der Waals surface area contributed by atoms with Crippen molar-refractivity contribution >= 4 is 28.4 Å². The molecule has 0 N–H and O–H groups in total. The molecule has 4 aromatic rings. The number of benzene rings is 3. The summed E-state index contributed by atoms with van der Waals surface area (Å²) in [5.41, 5.74) is 4.11. The standard InChI is InChI=1S/C38H43N7O4/c1-27-24-47-31(22-42(27)2)26-48-37-40-34-23-43(35-14-8-12-29-11-6-7-13-32(29)35)18-16-33(34)36(41-37)44-19-20-45(30(21-44)15-17-39)38(46)49-25-28-9-4-3-5-10-28/h3-14,27,30-31H,15-16,18-26H2,1-2H3/t27-,30?,31-/m1/s1. The summed E-state index contributed by atoms with van der Waals surface area (Å²) in [5.74, 6) is 0.813. The molecule has 4 heterocycles. The molecule has 3 atom stereocenters. The molecule has 0 radical (unpaired) electrons. The Kier molecular flexibility index (Phi) is 9.77. The zero-order valence-corrected chi connectivity index (χ0v) is 28.2. The number of fused-ring (bicyclic) bond motifs is 2. The molecule has 0 spiro atoms. The molecule has 1 unspecified atom stereocenters. The first-order chi connectivity index (χ1) is 24.0. The summed E-state index contributed by atoms with van der Waals surface area (Å²) in [6.07, 6.45) is 0.454. The second-order valence-electron chi connectivity index (χ2n) is 13.2. The number of ether oxygens (including phenoxy) is 3. The number of nitriles is 1. The number of amides is 1. The van der Waals surface area contributed by atoms with Crippen molar-refractivity contribution in [3.05, 3.63) is 89.6 Å². The number of likely N-dealkylation sites (N-methyl/N-ethyl adjacent to an activating group) is 1. The van der Waals surface area contributed by atoms with E-state index in [9.17, 15) is 10.1 Å². The van der Waals surface area contributed by atoms with E-state index in [1.807, 2.05) is 30.3 Å². The molecule has 254 valence electrons. The van der Waals surface area contributed by atoms with E-state index in [-0.39, 0.29) is 25.2 Å². The monoisotopic (exact) mass is 661 g/mol. The molecule has 3 aliphatic rings. The number of nitrogens with zero attached hydrogens (tertiary/aromatic N) is 7. The van der Waals surface area contributed by atoms with Crippen LogP contribution in [0.1, 0.15) is 30.2 Å². The van der Waals surface area contributed by atoms with Gasteiger partial charge in [-0.1, -0.05) is 66.7 Å². The van der Waals surface area contributed by atoms with Crippen LogP contribution in [0.5, 0.6) is 6.01 Å². The molecule has 11 nitrogen and oxygen atoms in total. The third-order valence-corrected chi connectivity index (χ3v) is 9.89. The van der Waals surface area contributed by atoms with Gasteiger partial charge in [0.05, 0.1) is 37.4 Å². The van der Waals surface area contributed by atoms with Gasteiger partial charge in [0.1, 0.15) is 25.1 Å². The fourth-order valence-corrected chi connectivity index (χ4v) is 7.00. The van der Waals surface area contributed by atoms with Crippen molar-refractivity contribution in [2.75, 3.05) is 62.8 Å². The summed E-state index contributed by atoms with van der Waals surface area (Å²) in [7, 11) is 2.10. The van der Waals surface area contributed by atoms with Crippen LogP contribution in [0.25, 0.3) is 10.8 Å². The molecule has 3 aromatic carbocycles. The minimum atomic E-state index is -0.407. The van der Waals surface area contributed by atoms with Crippen molar-refractivity contribution < 1.29 is 19.0 Å². The van der Waals surface area contributed by atoms with E-state index >= 15 is 0 Å². The van der Waals surface area contributed by atoms with E-state index in [0.717, 1.165) is 42.1 Å². The van der Waals surface area contributed by atoms with E-state index in [1.165, 1.54) is 16.5 Å². The van der Waals surface area contributed by atoms with Crippen molar-refractivity contribution in [1.82, 2.24) is 19.8 Å². The molecule has 1 aromatic heterocycles. The maximum absolute atomic E-state index is 13.2. The molecule has 1 amide bonds. The minimum absolute atomic E-state index is 0.0816. The number of aromatic nitrogens is 2. The average Bonchev–Trinajstić information content (AvgIpc) is 3.14. The number of morpholine rings is 1. The second kappa shape index (κ2) is 14.7. The van der Waals surface area contributed by atoms with E-state index in [0.29, 0.717) is 51.4 Å². The SMILES string of the molecule is C[C@@H]1CO[C@@H](COc2nc3c(c(N4CCN(C(=O)OCc5ccccc5)C(CC#N)C4)n2)CCN(c2cccc4ccccc24)C3)CN1C. The number of hydrogen-bond acceptors (Lipinski definition) is 10. The van der Waals surface area contributed by atoms with Crippen LogP contribution in [0.4, 0.5) is 16.3 Å². The first-order valence-electron chi connectivity index (χ1n) is 17.1. The number of rotatable bonds is 8. The fraction of sp³-hybridized carbons (Fsp3) is 0.421. The van der Waals surface area contributed by atoms with Gasteiger partial charge in [0, 0.05) is 55.4 Å². The molecule has 2 fully saturated rings. The summed E-state index contributed by atoms with van der Waals surface area (Å²) in [5, 5.41) is 12.2. The summed E-state index contributed by atoms with van der Waals surface area (Å²) >= 11 is 0. The van der Waals surface area contributed by atoms with E-state index in [2.05, 4.69) is 77.2 Å². The van der Waals surface area contributed by atoms with Gasteiger partial charge in [0.15, 0.2) is 0 Å². The second-order valence-corrected chi connectivity index (χ2v) is 13.2. The van der Waals surface area contributed by atoms with Crippen LogP contribution in [-0.2, 0) is 29.0 Å². The van der Waals surface area contributed by atoms with Crippen molar-refractivity contribution in [1.29, 1.82) is 5.26 Å². The molecule has 7 rings (SSSR count). The Morgan fingerprint density at radius 2 is 1.80 bits per heavy atom. The van der Waals surface area contributed by atoms with Gasteiger partial charge in [-0.3, -0.25) is 4.90 Å². The minimum Gasteiger partial charge on any atom is -0.461 e. The zero-order valence-electron chi connectivity index (χ0n) is 28.2. The Morgan fingerprint density at radius 1 is 0.980 bits per heavy atom. The van der Waals surface area contributed by atoms with Gasteiger partial charge in [-0.15, -0.1) is 0 Å². The smallest absolute Gasteiger partial charge is 0.410 e. The topological polar surface area (TPSA) is 107 Å². The Balaban J connectivity index is 1.14.